The number of hydrogen-bond acceptors (Lipinski definition) is 2. The third-order valence-corrected chi connectivity index (χ3v) is 5.70. The highest BCUT2D eigenvalue weighted by atomic mass is 16.5. The van der Waals surface area contributed by atoms with Crippen LogP contribution < -0.4 is 0 Å². The van der Waals surface area contributed by atoms with E-state index < -0.39 is 0 Å². The summed E-state index contributed by atoms with van der Waals surface area (Å²) in [6.45, 7) is 3.50. The van der Waals surface area contributed by atoms with Crippen LogP contribution in [0.15, 0.2) is 54.6 Å². The minimum atomic E-state index is -0.0913. The Balaban J connectivity index is 1.49. The SMILES string of the molecule is c1ccc(C2OC3(CCN(CC4CC4)C3)c3ccccc32)cc1. The summed E-state index contributed by atoms with van der Waals surface area (Å²) in [6, 6.07) is 19.5. The average Bonchev–Trinajstić information content (AvgIpc) is 3.24. The fourth-order valence-corrected chi connectivity index (χ4v) is 4.36. The molecule has 1 saturated carbocycles. The minimum absolute atomic E-state index is 0.0910. The van der Waals surface area contributed by atoms with Crippen molar-refractivity contribution in [2.45, 2.75) is 31.0 Å². The highest BCUT2D eigenvalue weighted by molar-refractivity contribution is 5.44. The molecule has 0 N–H and O–H groups in total. The highest BCUT2D eigenvalue weighted by Gasteiger charge is 2.49. The second-order valence-electron chi connectivity index (χ2n) is 7.42. The van der Waals surface area contributed by atoms with E-state index in [2.05, 4.69) is 59.5 Å². The van der Waals surface area contributed by atoms with Crippen LogP contribution in [0.2, 0.25) is 0 Å². The van der Waals surface area contributed by atoms with Gasteiger partial charge in [0, 0.05) is 19.6 Å². The van der Waals surface area contributed by atoms with Crippen LogP contribution in [0.25, 0.3) is 0 Å². The minimum Gasteiger partial charge on any atom is -0.356 e. The Morgan fingerprint density at radius 2 is 1.78 bits per heavy atom. The average molecular weight is 305 g/mol. The van der Waals surface area contributed by atoms with E-state index >= 15 is 0 Å². The molecule has 2 unspecified atom stereocenters. The molecule has 2 fully saturated rings. The Kier molecular flexibility index (Phi) is 3.10. The molecule has 0 amide bonds. The maximum Gasteiger partial charge on any atom is 0.109 e. The largest absolute Gasteiger partial charge is 0.356 e. The molecule has 2 atom stereocenters. The molecular weight excluding hydrogens is 282 g/mol. The molecule has 23 heavy (non-hydrogen) atoms. The van der Waals surface area contributed by atoms with Crippen LogP contribution in [0.1, 0.15) is 42.1 Å². The molecule has 1 spiro atoms. The number of nitrogens with zero attached hydrogens (tertiary/aromatic N) is 1. The lowest BCUT2D eigenvalue weighted by Gasteiger charge is -2.26. The Hall–Kier alpha value is -1.64. The normalized spacial score (nSPS) is 30.0. The molecule has 0 aromatic heterocycles. The summed E-state index contributed by atoms with van der Waals surface area (Å²) < 4.78 is 6.76. The zero-order valence-corrected chi connectivity index (χ0v) is 13.4. The second kappa shape index (κ2) is 5.19. The van der Waals surface area contributed by atoms with Gasteiger partial charge in [-0.05, 0) is 41.9 Å². The van der Waals surface area contributed by atoms with E-state index in [0.717, 1.165) is 18.9 Å². The van der Waals surface area contributed by atoms with E-state index in [0.29, 0.717) is 0 Å². The molecule has 2 aromatic rings. The number of hydrogen-bond donors (Lipinski definition) is 0. The number of fused-ring (bicyclic) bond motifs is 2. The van der Waals surface area contributed by atoms with E-state index in [-0.39, 0.29) is 11.7 Å². The first-order valence-electron chi connectivity index (χ1n) is 8.89. The lowest BCUT2D eigenvalue weighted by atomic mass is 9.90. The van der Waals surface area contributed by atoms with E-state index in [9.17, 15) is 0 Å². The van der Waals surface area contributed by atoms with Crippen molar-refractivity contribution >= 4 is 0 Å². The summed E-state index contributed by atoms with van der Waals surface area (Å²) in [7, 11) is 0. The van der Waals surface area contributed by atoms with Gasteiger partial charge in [-0.25, -0.2) is 0 Å². The first-order chi connectivity index (χ1) is 11.3. The molecule has 2 aromatic carbocycles. The topological polar surface area (TPSA) is 12.5 Å². The summed E-state index contributed by atoms with van der Waals surface area (Å²) in [4.78, 5) is 2.63. The van der Waals surface area contributed by atoms with Crippen LogP contribution in [0.3, 0.4) is 0 Å². The van der Waals surface area contributed by atoms with Gasteiger partial charge >= 0.3 is 0 Å². The number of rotatable bonds is 3. The van der Waals surface area contributed by atoms with E-state index in [1.807, 2.05) is 0 Å². The first kappa shape index (κ1) is 13.8. The Morgan fingerprint density at radius 3 is 2.61 bits per heavy atom. The van der Waals surface area contributed by atoms with Crippen molar-refractivity contribution in [2.75, 3.05) is 19.6 Å². The quantitative estimate of drug-likeness (QED) is 0.846. The standard InChI is InChI=1S/C21H23NO/c1-2-6-17(7-3-1)20-18-8-4-5-9-19(18)21(23-20)12-13-22(15-21)14-16-10-11-16/h1-9,16,20H,10-15H2. The zero-order chi connectivity index (χ0) is 15.3. The molecule has 1 saturated heterocycles. The summed E-state index contributed by atoms with van der Waals surface area (Å²) >= 11 is 0. The van der Waals surface area contributed by atoms with Crippen molar-refractivity contribution in [3.05, 3.63) is 71.3 Å². The van der Waals surface area contributed by atoms with Gasteiger partial charge in [0.2, 0.25) is 0 Å². The summed E-state index contributed by atoms with van der Waals surface area (Å²) in [5, 5.41) is 0. The molecule has 2 heteroatoms. The monoisotopic (exact) mass is 305 g/mol. The maximum atomic E-state index is 6.76. The number of likely N-dealkylation sites (tertiary alicyclic amines) is 1. The molecule has 118 valence electrons. The molecule has 2 heterocycles. The first-order valence-corrected chi connectivity index (χ1v) is 8.89. The lowest BCUT2D eigenvalue weighted by Crippen LogP contribution is -2.32. The van der Waals surface area contributed by atoms with Gasteiger partial charge in [0.25, 0.3) is 0 Å². The number of ether oxygens (including phenoxy) is 1. The van der Waals surface area contributed by atoms with Gasteiger partial charge < -0.3 is 4.74 Å². The number of benzene rings is 2. The molecule has 3 aliphatic rings. The lowest BCUT2D eigenvalue weighted by molar-refractivity contribution is -0.0532. The van der Waals surface area contributed by atoms with Gasteiger partial charge in [-0.15, -0.1) is 0 Å². The van der Waals surface area contributed by atoms with Crippen molar-refractivity contribution in [3.63, 3.8) is 0 Å². The van der Waals surface area contributed by atoms with Crippen molar-refractivity contribution in [2.24, 2.45) is 5.92 Å². The van der Waals surface area contributed by atoms with E-state index in [1.165, 1.54) is 42.6 Å². The van der Waals surface area contributed by atoms with Crippen molar-refractivity contribution in [3.8, 4) is 0 Å². The third kappa shape index (κ3) is 2.32. The van der Waals surface area contributed by atoms with E-state index in [4.69, 9.17) is 4.74 Å². The maximum absolute atomic E-state index is 6.76. The van der Waals surface area contributed by atoms with Crippen molar-refractivity contribution in [1.82, 2.24) is 4.90 Å². The fraction of sp³-hybridized carbons (Fsp3) is 0.429. The summed E-state index contributed by atoms with van der Waals surface area (Å²) in [6.07, 6.45) is 4.06. The van der Waals surface area contributed by atoms with Crippen molar-refractivity contribution in [1.29, 1.82) is 0 Å². The molecule has 2 aliphatic heterocycles. The third-order valence-electron chi connectivity index (χ3n) is 5.70. The van der Waals surface area contributed by atoms with Gasteiger partial charge in [0.15, 0.2) is 0 Å². The van der Waals surface area contributed by atoms with Crippen LogP contribution in [-0.4, -0.2) is 24.5 Å². The van der Waals surface area contributed by atoms with Crippen molar-refractivity contribution < 1.29 is 4.74 Å². The van der Waals surface area contributed by atoms with Crippen LogP contribution in [0.4, 0.5) is 0 Å². The fourth-order valence-electron chi connectivity index (χ4n) is 4.36. The van der Waals surface area contributed by atoms with Crippen LogP contribution in [-0.2, 0) is 10.3 Å². The molecule has 1 aliphatic carbocycles. The molecule has 0 radical (unpaired) electrons. The molecule has 0 bridgehead atoms. The van der Waals surface area contributed by atoms with E-state index in [1.54, 1.807) is 0 Å². The van der Waals surface area contributed by atoms with Gasteiger partial charge in [-0.2, -0.15) is 0 Å². The van der Waals surface area contributed by atoms with Crippen LogP contribution in [0, 0.1) is 5.92 Å². The Bertz CT molecular complexity index is 709. The Morgan fingerprint density at radius 1 is 1.00 bits per heavy atom. The van der Waals surface area contributed by atoms with Gasteiger partial charge in [-0.1, -0.05) is 54.6 Å². The molecule has 2 nitrogen and oxygen atoms in total. The summed E-state index contributed by atoms with van der Waals surface area (Å²) in [5.74, 6) is 0.951. The Labute approximate surface area is 138 Å². The second-order valence-corrected chi connectivity index (χ2v) is 7.42. The highest BCUT2D eigenvalue weighted by Crippen LogP contribution is 2.51. The predicted molar refractivity (Wildman–Crippen MR) is 91.3 cm³/mol. The zero-order valence-electron chi connectivity index (χ0n) is 13.4. The van der Waals surface area contributed by atoms with Gasteiger partial charge in [-0.3, -0.25) is 4.90 Å². The smallest absolute Gasteiger partial charge is 0.109 e. The van der Waals surface area contributed by atoms with Gasteiger partial charge in [0.1, 0.15) is 11.7 Å². The molecular formula is C21H23NO. The summed E-state index contributed by atoms with van der Waals surface area (Å²) in [5.41, 5.74) is 3.98. The molecule has 5 rings (SSSR count). The van der Waals surface area contributed by atoms with Gasteiger partial charge in [0.05, 0.1) is 0 Å². The van der Waals surface area contributed by atoms with Crippen LogP contribution in [0.5, 0.6) is 0 Å². The van der Waals surface area contributed by atoms with Crippen LogP contribution >= 0.6 is 0 Å². The predicted octanol–water partition coefficient (Wildman–Crippen LogP) is 4.12.